The van der Waals surface area contributed by atoms with Crippen LogP contribution in [-0.4, -0.2) is 27.8 Å². The van der Waals surface area contributed by atoms with Gasteiger partial charge in [-0.15, -0.1) is 0 Å². The first kappa shape index (κ1) is 20.4. The van der Waals surface area contributed by atoms with Gasteiger partial charge in [0.1, 0.15) is 17.2 Å². The second kappa shape index (κ2) is 8.35. The van der Waals surface area contributed by atoms with E-state index < -0.39 is 5.97 Å². The molecule has 29 heavy (non-hydrogen) atoms. The number of hydrogen-bond acceptors (Lipinski definition) is 4. The van der Waals surface area contributed by atoms with Gasteiger partial charge in [0.25, 0.3) is 0 Å². The summed E-state index contributed by atoms with van der Waals surface area (Å²) < 4.78 is 5.42. The van der Waals surface area contributed by atoms with Crippen molar-refractivity contribution in [2.75, 3.05) is 6.61 Å². The number of pyridine rings is 1. The Hall–Kier alpha value is -3.34. The molecule has 0 aliphatic heterocycles. The molecule has 0 radical (unpaired) electrons. The SMILES string of the molecule is Cc1ccccc1-c1nc(Cc2c(C)cc(OCC(=O)O)c(C)c2C)ccc1O. The fourth-order valence-electron chi connectivity index (χ4n) is 3.47. The molecule has 0 unspecified atom stereocenters. The highest BCUT2D eigenvalue weighted by atomic mass is 16.5. The number of aromatic hydroxyl groups is 1. The average Bonchev–Trinajstić information content (AvgIpc) is 2.68. The van der Waals surface area contributed by atoms with Crippen molar-refractivity contribution in [2.24, 2.45) is 0 Å². The minimum atomic E-state index is -0.999. The molecule has 1 aromatic heterocycles. The number of benzene rings is 2. The summed E-state index contributed by atoms with van der Waals surface area (Å²) in [6.07, 6.45) is 0.608. The van der Waals surface area contributed by atoms with Gasteiger partial charge in [0.2, 0.25) is 0 Å². The summed E-state index contributed by atoms with van der Waals surface area (Å²) in [4.78, 5) is 15.5. The molecule has 5 nitrogen and oxygen atoms in total. The van der Waals surface area contributed by atoms with Crippen LogP contribution < -0.4 is 4.74 Å². The van der Waals surface area contributed by atoms with Gasteiger partial charge >= 0.3 is 5.97 Å². The van der Waals surface area contributed by atoms with Crippen LogP contribution in [0.4, 0.5) is 0 Å². The van der Waals surface area contributed by atoms with Crippen molar-refractivity contribution in [2.45, 2.75) is 34.1 Å². The van der Waals surface area contributed by atoms with Crippen molar-refractivity contribution in [1.82, 2.24) is 4.98 Å². The molecule has 0 aliphatic rings. The maximum Gasteiger partial charge on any atom is 0.341 e. The third-order valence-corrected chi connectivity index (χ3v) is 5.25. The van der Waals surface area contributed by atoms with E-state index in [1.54, 1.807) is 6.07 Å². The van der Waals surface area contributed by atoms with Crippen LogP contribution >= 0.6 is 0 Å². The summed E-state index contributed by atoms with van der Waals surface area (Å²) in [5.74, 6) is -0.253. The third kappa shape index (κ3) is 4.40. The number of rotatable bonds is 6. The molecule has 0 spiro atoms. The Balaban J connectivity index is 1.97. The Labute approximate surface area is 170 Å². The number of ether oxygens (including phenoxy) is 1. The standard InChI is InChI=1S/C24H25NO4/c1-14-7-5-6-8-19(14)24-21(26)10-9-18(25-24)12-20-15(2)11-22(17(4)16(20)3)29-13-23(27)28/h5-11,26H,12-13H2,1-4H3,(H,27,28). The van der Waals surface area contributed by atoms with Crippen molar-refractivity contribution in [1.29, 1.82) is 0 Å². The van der Waals surface area contributed by atoms with Gasteiger partial charge in [-0.2, -0.15) is 0 Å². The lowest BCUT2D eigenvalue weighted by Crippen LogP contribution is -2.11. The Bertz CT molecular complexity index is 1070. The second-order valence-electron chi connectivity index (χ2n) is 7.26. The van der Waals surface area contributed by atoms with Gasteiger partial charge in [-0.3, -0.25) is 0 Å². The van der Waals surface area contributed by atoms with Gasteiger partial charge in [0, 0.05) is 17.7 Å². The van der Waals surface area contributed by atoms with Gasteiger partial charge < -0.3 is 14.9 Å². The molecule has 150 valence electrons. The lowest BCUT2D eigenvalue weighted by Gasteiger charge is -2.17. The predicted molar refractivity (Wildman–Crippen MR) is 113 cm³/mol. The van der Waals surface area contributed by atoms with E-state index in [0.29, 0.717) is 17.9 Å². The normalized spacial score (nSPS) is 10.8. The lowest BCUT2D eigenvalue weighted by molar-refractivity contribution is -0.139. The van der Waals surface area contributed by atoms with Crippen LogP contribution in [0.25, 0.3) is 11.3 Å². The first-order valence-corrected chi connectivity index (χ1v) is 9.47. The molecule has 1 heterocycles. The van der Waals surface area contributed by atoms with E-state index in [1.165, 1.54) is 0 Å². The molecule has 0 bridgehead atoms. The number of aliphatic carboxylic acids is 1. The molecular formula is C24H25NO4. The summed E-state index contributed by atoms with van der Waals surface area (Å²) in [6, 6.07) is 13.2. The zero-order valence-corrected chi connectivity index (χ0v) is 17.1. The van der Waals surface area contributed by atoms with E-state index in [9.17, 15) is 9.90 Å². The van der Waals surface area contributed by atoms with Gasteiger partial charge in [0.15, 0.2) is 6.61 Å². The molecule has 0 atom stereocenters. The van der Waals surface area contributed by atoms with Crippen LogP contribution in [0.2, 0.25) is 0 Å². The highest BCUT2D eigenvalue weighted by molar-refractivity contribution is 5.69. The Morgan fingerprint density at radius 2 is 1.72 bits per heavy atom. The molecule has 0 aliphatic carbocycles. The number of nitrogens with zero attached hydrogens (tertiary/aromatic N) is 1. The zero-order chi connectivity index (χ0) is 21.1. The quantitative estimate of drug-likeness (QED) is 0.634. The van der Waals surface area contributed by atoms with Gasteiger partial charge in [-0.1, -0.05) is 24.3 Å². The van der Waals surface area contributed by atoms with Gasteiger partial charge in [-0.05, 0) is 73.7 Å². The molecular weight excluding hydrogens is 366 g/mol. The number of hydrogen-bond donors (Lipinski definition) is 2. The van der Waals surface area contributed by atoms with Gasteiger partial charge in [0.05, 0.1) is 0 Å². The summed E-state index contributed by atoms with van der Waals surface area (Å²) in [6.45, 7) is 7.56. The Morgan fingerprint density at radius 3 is 2.41 bits per heavy atom. The Morgan fingerprint density at radius 1 is 1.00 bits per heavy atom. The van der Waals surface area contributed by atoms with E-state index in [4.69, 9.17) is 14.8 Å². The number of aromatic nitrogens is 1. The smallest absolute Gasteiger partial charge is 0.341 e. The van der Waals surface area contributed by atoms with E-state index in [-0.39, 0.29) is 12.4 Å². The molecule has 5 heteroatoms. The van der Waals surface area contributed by atoms with Crippen LogP contribution in [0.3, 0.4) is 0 Å². The largest absolute Gasteiger partial charge is 0.506 e. The van der Waals surface area contributed by atoms with Crippen LogP contribution in [0.1, 0.15) is 33.5 Å². The topological polar surface area (TPSA) is 79.7 Å². The molecule has 0 saturated heterocycles. The molecule has 0 amide bonds. The van der Waals surface area contributed by atoms with Crippen LogP contribution in [0, 0.1) is 27.7 Å². The summed E-state index contributed by atoms with van der Waals surface area (Å²) in [5, 5.41) is 19.2. The summed E-state index contributed by atoms with van der Waals surface area (Å²) >= 11 is 0. The predicted octanol–water partition coefficient (Wildman–Crippen LogP) is 4.74. The van der Waals surface area contributed by atoms with Crippen LogP contribution in [0.5, 0.6) is 11.5 Å². The van der Waals surface area contributed by atoms with Crippen molar-refractivity contribution in [3.8, 4) is 22.8 Å². The first-order valence-electron chi connectivity index (χ1n) is 9.47. The first-order chi connectivity index (χ1) is 13.8. The number of carbonyl (C=O) groups is 1. The van der Waals surface area contributed by atoms with Crippen molar-refractivity contribution in [3.05, 3.63) is 76.0 Å². The summed E-state index contributed by atoms with van der Waals surface area (Å²) in [5.41, 5.74) is 7.51. The highest BCUT2D eigenvalue weighted by Gasteiger charge is 2.15. The molecule has 3 rings (SSSR count). The van der Waals surface area contributed by atoms with Crippen LogP contribution in [-0.2, 0) is 11.2 Å². The van der Waals surface area contributed by atoms with E-state index in [1.807, 2.05) is 64.1 Å². The Kier molecular flexibility index (Phi) is 5.87. The van der Waals surface area contributed by atoms with Crippen LogP contribution in [0.15, 0.2) is 42.5 Å². The minimum absolute atomic E-state index is 0.157. The number of carboxylic acids is 1. The molecule has 0 saturated carbocycles. The fourth-order valence-corrected chi connectivity index (χ4v) is 3.47. The van der Waals surface area contributed by atoms with Gasteiger partial charge in [-0.25, -0.2) is 9.78 Å². The second-order valence-corrected chi connectivity index (χ2v) is 7.26. The third-order valence-electron chi connectivity index (χ3n) is 5.25. The van der Waals surface area contributed by atoms with E-state index >= 15 is 0 Å². The highest BCUT2D eigenvalue weighted by Crippen LogP contribution is 2.32. The van der Waals surface area contributed by atoms with E-state index in [2.05, 4.69) is 0 Å². The zero-order valence-electron chi connectivity index (χ0n) is 17.1. The molecule has 0 fully saturated rings. The van der Waals surface area contributed by atoms with Crippen molar-refractivity contribution in [3.63, 3.8) is 0 Å². The number of aryl methyl sites for hydroxylation is 2. The monoisotopic (exact) mass is 391 g/mol. The minimum Gasteiger partial charge on any atom is -0.506 e. The maximum atomic E-state index is 10.8. The van der Waals surface area contributed by atoms with Crippen molar-refractivity contribution < 1.29 is 19.7 Å². The molecule has 2 N–H and O–H groups in total. The molecule has 3 aromatic rings. The van der Waals surface area contributed by atoms with Crippen molar-refractivity contribution >= 4 is 5.97 Å². The molecule has 2 aromatic carbocycles. The fraction of sp³-hybridized carbons (Fsp3) is 0.250. The number of carboxylic acid groups (broad SMARTS) is 1. The van der Waals surface area contributed by atoms with E-state index in [0.717, 1.165) is 39.1 Å². The average molecular weight is 391 g/mol. The lowest BCUT2D eigenvalue weighted by atomic mass is 9.93. The summed E-state index contributed by atoms with van der Waals surface area (Å²) in [7, 11) is 0. The maximum absolute atomic E-state index is 10.8.